The van der Waals surface area contributed by atoms with Gasteiger partial charge in [-0.25, -0.2) is 4.98 Å². The van der Waals surface area contributed by atoms with Gasteiger partial charge in [0.2, 0.25) is 5.95 Å². The van der Waals surface area contributed by atoms with Crippen molar-refractivity contribution in [3.63, 3.8) is 0 Å². The standard InChI is InChI=1S/C10H18N4S/c1-4-11-10-13-8(2)7-9(14-10)12-5-6-15-3/h7H,4-6H2,1-3H3,(H2,11,12,13,14). The number of anilines is 2. The first-order valence-corrected chi connectivity index (χ1v) is 6.48. The van der Waals surface area contributed by atoms with Gasteiger partial charge in [0.05, 0.1) is 0 Å². The Morgan fingerprint density at radius 2 is 2.13 bits per heavy atom. The van der Waals surface area contributed by atoms with Crippen LogP contribution < -0.4 is 10.6 Å². The normalized spacial score (nSPS) is 10.1. The van der Waals surface area contributed by atoms with E-state index in [0.717, 1.165) is 30.4 Å². The van der Waals surface area contributed by atoms with Gasteiger partial charge in [0.1, 0.15) is 5.82 Å². The van der Waals surface area contributed by atoms with Crippen molar-refractivity contribution in [2.75, 3.05) is 35.7 Å². The molecule has 0 radical (unpaired) electrons. The van der Waals surface area contributed by atoms with E-state index in [2.05, 4.69) is 26.9 Å². The monoisotopic (exact) mass is 226 g/mol. The average Bonchev–Trinajstić information content (AvgIpc) is 2.18. The molecule has 4 nitrogen and oxygen atoms in total. The molecular formula is C10H18N4S. The molecule has 0 aliphatic heterocycles. The van der Waals surface area contributed by atoms with E-state index < -0.39 is 0 Å². The summed E-state index contributed by atoms with van der Waals surface area (Å²) in [4.78, 5) is 8.64. The first-order chi connectivity index (χ1) is 7.26. The van der Waals surface area contributed by atoms with Gasteiger partial charge in [0, 0.05) is 30.6 Å². The third kappa shape index (κ3) is 4.38. The molecular weight excluding hydrogens is 208 g/mol. The van der Waals surface area contributed by atoms with Crippen LogP contribution in [-0.4, -0.2) is 35.1 Å². The molecule has 0 saturated carbocycles. The molecule has 2 N–H and O–H groups in total. The van der Waals surface area contributed by atoms with Gasteiger partial charge in [-0.3, -0.25) is 0 Å². The third-order valence-electron chi connectivity index (χ3n) is 1.80. The van der Waals surface area contributed by atoms with E-state index >= 15 is 0 Å². The molecule has 84 valence electrons. The zero-order chi connectivity index (χ0) is 11.1. The maximum atomic E-state index is 4.35. The van der Waals surface area contributed by atoms with Crippen LogP contribution in [0.4, 0.5) is 11.8 Å². The number of thioether (sulfide) groups is 1. The van der Waals surface area contributed by atoms with E-state index in [0.29, 0.717) is 5.95 Å². The predicted octanol–water partition coefficient (Wildman–Crippen LogP) is 1.99. The highest BCUT2D eigenvalue weighted by Crippen LogP contribution is 2.09. The van der Waals surface area contributed by atoms with Crippen molar-refractivity contribution in [3.05, 3.63) is 11.8 Å². The van der Waals surface area contributed by atoms with Crippen molar-refractivity contribution < 1.29 is 0 Å². The number of aryl methyl sites for hydroxylation is 1. The summed E-state index contributed by atoms with van der Waals surface area (Å²) in [5, 5.41) is 6.38. The average molecular weight is 226 g/mol. The summed E-state index contributed by atoms with van der Waals surface area (Å²) >= 11 is 1.82. The Kier molecular flexibility index (Phi) is 5.25. The number of nitrogens with one attached hydrogen (secondary N) is 2. The van der Waals surface area contributed by atoms with Gasteiger partial charge >= 0.3 is 0 Å². The van der Waals surface area contributed by atoms with Crippen LogP contribution in [0.5, 0.6) is 0 Å². The second-order valence-electron chi connectivity index (χ2n) is 3.17. The summed E-state index contributed by atoms with van der Waals surface area (Å²) in [5.74, 6) is 2.68. The van der Waals surface area contributed by atoms with Crippen LogP contribution in [-0.2, 0) is 0 Å². The van der Waals surface area contributed by atoms with E-state index in [1.165, 1.54) is 0 Å². The molecule has 0 unspecified atom stereocenters. The summed E-state index contributed by atoms with van der Waals surface area (Å²) in [7, 11) is 0. The van der Waals surface area contributed by atoms with E-state index in [9.17, 15) is 0 Å². The molecule has 0 spiro atoms. The maximum Gasteiger partial charge on any atom is 0.224 e. The fourth-order valence-electron chi connectivity index (χ4n) is 1.18. The van der Waals surface area contributed by atoms with Crippen LogP contribution >= 0.6 is 11.8 Å². The molecule has 0 aromatic carbocycles. The number of aromatic nitrogens is 2. The second-order valence-corrected chi connectivity index (χ2v) is 4.15. The lowest BCUT2D eigenvalue weighted by atomic mass is 10.4. The lowest BCUT2D eigenvalue weighted by Crippen LogP contribution is -2.09. The van der Waals surface area contributed by atoms with Crippen molar-refractivity contribution in [3.8, 4) is 0 Å². The van der Waals surface area contributed by atoms with E-state index in [1.54, 1.807) is 0 Å². The summed E-state index contributed by atoms with van der Waals surface area (Å²) in [6.45, 7) is 5.78. The largest absolute Gasteiger partial charge is 0.369 e. The second kappa shape index (κ2) is 6.50. The summed E-state index contributed by atoms with van der Waals surface area (Å²) in [5.41, 5.74) is 0.979. The Morgan fingerprint density at radius 3 is 2.80 bits per heavy atom. The Hall–Kier alpha value is -0.970. The molecule has 0 aliphatic carbocycles. The Bertz CT molecular complexity index is 303. The number of rotatable bonds is 6. The summed E-state index contributed by atoms with van der Waals surface area (Å²) < 4.78 is 0. The van der Waals surface area contributed by atoms with Crippen molar-refractivity contribution >= 4 is 23.5 Å². The van der Waals surface area contributed by atoms with Crippen LogP contribution in [0.3, 0.4) is 0 Å². The minimum absolute atomic E-state index is 0.698. The molecule has 0 aliphatic rings. The van der Waals surface area contributed by atoms with Gasteiger partial charge in [0.25, 0.3) is 0 Å². The molecule has 1 aromatic rings. The molecule has 0 atom stereocenters. The lowest BCUT2D eigenvalue weighted by Gasteiger charge is -2.08. The zero-order valence-corrected chi connectivity index (χ0v) is 10.3. The lowest BCUT2D eigenvalue weighted by molar-refractivity contribution is 1.04. The molecule has 0 fully saturated rings. The smallest absolute Gasteiger partial charge is 0.224 e. The molecule has 5 heteroatoms. The van der Waals surface area contributed by atoms with E-state index in [1.807, 2.05) is 31.7 Å². The van der Waals surface area contributed by atoms with E-state index in [4.69, 9.17) is 0 Å². The highest BCUT2D eigenvalue weighted by atomic mass is 32.2. The summed E-state index contributed by atoms with van der Waals surface area (Å²) in [6, 6.07) is 1.96. The van der Waals surface area contributed by atoms with Crippen LogP contribution in [0.25, 0.3) is 0 Å². The van der Waals surface area contributed by atoms with Gasteiger partial charge < -0.3 is 10.6 Å². The van der Waals surface area contributed by atoms with Crippen LogP contribution in [0, 0.1) is 6.92 Å². The minimum atomic E-state index is 0.698. The third-order valence-corrected chi connectivity index (χ3v) is 2.41. The number of hydrogen-bond acceptors (Lipinski definition) is 5. The van der Waals surface area contributed by atoms with E-state index in [-0.39, 0.29) is 0 Å². The molecule has 0 amide bonds. The van der Waals surface area contributed by atoms with Gasteiger partial charge in [0.15, 0.2) is 0 Å². The Morgan fingerprint density at radius 1 is 1.33 bits per heavy atom. The Balaban J connectivity index is 2.62. The topological polar surface area (TPSA) is 49.8 Å². The summed E-state index contributed by atoms with van der Waals surface area (Å²) in [6.07, 6.45) is 2.09. The predicted molar refractivity (Wildman–Crippen MR) is 67.8 cm³/mol. The van der Waals surface area contributed by atoms with Crippen molar-refractivity contribution in [2.24, 2.45) is 0 Å². The first-order valence-electron chi connectivity index (χ1n) is 5.08. The highest BCUT2D eigenvalue weighted by molar-refractivity contribution is 7.98. The molecule has 1 aromatic heterocycles. The maximum absolute atomic E-state index is 4.35. The van der Waals surface area contributed by atoms with Crippen LogP contribution in [0.15, 0.2) is 6.07 Å². The SMILES string of the molecule is CCNc1nc(C)cc(NCCSC)n1. The molecule has 0 saturated heterocycles. The van der Waals surface area contributed by atoms with Crippen molar-refractivity contribution in [1.82, 2.24) is 9.97 Å². The quantitative estimate of drug-likeness (QED) is 0.727. The molecule has 15 heavy (non-hydrogen) atoms. The molecule has 1 rings (SSSR count). The fraction of sp³-hybridized carbons (Fsp3) is 0.600. The van der Waals surface area contributed by atoms with Crippen LogP contribution in [0.1, 0.15) is 12.6 Å². The number of nitrogens with zero attached hydrogens (tertiary/aromatic N) is 2. The number of hydrogen-bond donors (Lipinski definition) is 2. The Labute approximate surface area is 95.3 Å². The highest BCUT2D eigenvalue weighted by Gasteiger charge is 2.00. The van der Waals surface area contributed by atoms with Gasteiger partial charge in [-0.2, -0.15) is 16.7 Å². The van der Waals surface area contributed by atoms with Crippen molar-refractivity contribution in [2.45, 2.75) is 13.8 Å². The minimum Gasteiger partial charge on any atom is -0.369 e. The van der Waals surface area contributed by atoms with Gasteiger partial charge in [-0.15, -0.1) is 0 Å². The van der Waals surface area contributed by atoms with Gasteiger partial charge in [-0.1, -0.05) is 0 Å². The fourth-order valence-corrected chi connectivity index (χ4v) is 1.48. The van der Waals surface area contributed by atoms with Gasteiger partial charge in [-0.05, 0) is 20.1 Å². The van der Waals surface area contributed by atoms with Crippen molar-refractivity contribution in [1.29, 1.82) is 0 Å². The van der Waals surface area contributed by atoms with Crippen LogP contribution in [0.2, 0.25) is 0 Å². The zero-order valence-electron chi connectivity index (χ0n) is 9.50. The first kappa shape index (κ1) is 12.1. The molecule has 0 bridgehead atoms. The molecule has 1 heterocycles.